The van der Waals surface area contributed by atoms with Gasteiger partial charge in [0, 0.05) is 39.0 Å². The number of aromatic amines is 1. The molecule has 2 unspecified atom stereocenters. The maximum absolute atomic E-state index is 13.0. The van der Waals surface area contributed by atoms with Gasteiger partial charge in [0.1, 0.15) is 31.9 Å². The number of amides is 1. The highest BCUT2D eigenvalue weighted by atomic mass is 32.1. The van der Waals surface area contributed by atoms with E-state index in [4.69, 9.17) is 25.5 Å². The van der Waals surface area contributed by atoms with Gasteiger partial charge < -0.3 is 25.4 Å². The van der Waals surface area contributed by atoms with Crippen LogP contribution in [-0.4, -0.2) is 71.0 Å². The summed E-state index contributed by atoms with van der Waals surface area (Å²) in [6.45, 7) is 7.85. The second-order valence-corrected chi connectivity index (χ2v) is 11.1. The summed E-state index contributed by atoms with van der Waals surface area (Å²) in [6, 6.07) is 15.8. The number of hydrogen-bond donors (Lipinski definition) is 6. The molecule has 0 saturated carbocycles. The number of carbonyl (C=O) groups excluding carboxylic acids is 1. The predicted molar refractivity (Wildman–Crippen MR) is 171 cm³/mol. The van der Waals surface area contributed by atoms with Gasteiger partial charge in [0.25, 0.3) is 5.91 Å². The Morgan fingerprint density at radius 2 is 1.81 bits per heavy atom. The van der Waals surface area contributed by atoms with Crippen LogP contribution in [0.4, 0.5) is 5.69 Å². The van der Waals surface area contributed by atoms with Gasteiger partial charge in [-0.1, -0.05) is 55.8 Å². The largest absolute Gasteiger partial charge is 0.392 e. The fourth-order valence-electron chi connectivity index (χ4n) is 5.00. The molecule has 10 nitrogen and oxygen atoms in total. The monoisotopic (exact) mass is 594 g/mol. The molecule has 0 fully saturated rings. The number of rotatable bonds is 11. The number of anilines is 1. The van der Waals surface area contributed by atoms with Crippen LogP contribution in [0.3, 0.4) is 0 Å². The first kappa shape index (κ1) is 30.7. The van der Waals surface area contributed by atoms with Gasteiger partial charge >= 0.3 is 0 Å². The molecule has 2 atom stereocenters. The quantitative estimate of drug-likeness (QED) is 0.0675. The van der Waals surface area contributed by atoms with Crippen LogP contribution in [-0.2, 0) is 4.79 Å². The van der Waals surface area contributed by atoms with E-state index < -0.39 is 11.2 Å². The van der Waals surface area contributed by atoms with Crippen molar-refractivity contribution in [1.82, 2.24) is 25.9 Å². The molecule has 1 aliphatic heterocycles. The van der Waals surface area contributed by atoms with Gasteiger partial charge in [0.2, 0.25) is 0 Å². The molecule has 13 heteroatoms. The van der Waals surface area contributed by atoms with Gasteiger partial charge in [-0.3, -0.25) is 9.69 Å². The van der Waals surface area contributed by atoms with Crippen molar-refractivity contribution in [2.45, 2.75) is 38.9 Å². The third-order valence-corrected chi connectivity index (χ3v) is 8.41. The zero-order chi connectivity index (χ0) is 30.9. The first-order valence-corrected chi connectivity index (χ1v) is 14.7. The Balaban J connectivity index is 1.36. The standard InChI is InChI=1S/C30H32B2N6O4S/c1-5-38(6-2)30(32,41)29(31,40)36-37-42-26-17(3)24(33-18(26)4)15-22-21-14-20(12-13-23(21)34-27(22)39)25-16-43-28(35-25)19-10-8-7-9-11-19/h7-16,33,36-37,40-41H,5-6H2,1-4H3,(H,34,39)/b22-15-. The summed E-state index contributed by atoms with van der Waals surface area (Å²) in [7, 11) is 11.8. The third kappa shape index (κ3) is 5.92. The van der Waals surface area contributed by atoms with E-state index in [9.17, 15) is 15.0 Å². The molecule has 2 aromatic heterocycles. The SMILES string of the molecule is [B]C(O)(NNOc1c(C)[nH]c(/C=C2\C(=O)Nc3ccc(-c4csc(-c5ccccc5)n4)cc32)c1C)C([B])(O)N(CC)CC. The molecule has 218 valence electrons. The lowest BCUT2D eigenvalue weighted by Gasteiger charge is -2.47. The molecule has 4 radical (unpaired) electrons. The Hall–Kier alpha value is -3.71. The van der Waals surface area contributed by atoms with Crippen molar-refractivity contribution >= 4 is 50.3 Å². The van der Waals surface area contributed by atoms with Crippen molar-refractivity contribution < 1.29 is 19.8 Å². The second-order valence-electron chi connectivity index (χ2n) is 10.3. The van der Waals surface area contributed by atoms with E-state index in [1.807, 2.05) is 60.8 Å². The third-order valence-electron chi connectivity index (χ3n) is 7.52. The van der Waals surface area contributed by atoms with E-state index in [2.05, 4.69) is 21.3 Å². The molecule has 6 N–H and O–H groups in total. The van der Waals surface area contributed by atoms with Crippen molar-refractivity contribution in [3.05, 3.63) is 76.4 Å². The van der Waals surface area contributed by atoms with Gasteiger partial charge in [0.05, 0.1) is 17.0 Å². The van der Waals surface area contributed by atoms with E-state index >= 15 is 0 Å². The number of hydrazine groups is 1. The number of H-pyrrole nitrogens is 1. The average molecular weight is 594 g/mol. The maximum atomic E-state index is 13.0. The van der Waals surface area contributed by atoms with Gasteiger partial charge in [-0.05, 0) is 45.1 Å². The highest BCUT2D eigenvalue weighted by Crippen LogP contribution is 2.38. The number of fused-ring (bicyclic) bond motifs is 1. The molecule has 3 heterocycles. The summed E-state index contributed by atoms with van der Waals surface area (Å²) in [5.41, 5.74) is 6.69. The lowest BCUT2D eigenvalue weighted by atomic mass is 9.69. The molecule has 43 heavy (non-hydrogen) atoms. The number of nitrogens with zero attached hydrogens (tertiary/aromatic N) is 2. The number of aliphatic hydroxyl groups is 2. The highest BCUT2D eigenvalue weighted by molar-refractivity contribution is 7.13. The minimum absolute atomic E-state index is 0.226. The Labute approximate surface area is 256 Å². The van der Waals surface area contributed by atoms with Crippen LogP contribution in [0.1, 0.15) is 36.4 Å². The lowest BCUT2D eigenvalue weighted by molar-refractivity contribution is -0.167. The van der Waals surface area contributed by atoms with Crippen LogP contribution >= 0.6 is 11.3 Å². The average Bonchev–Trinajstić information content (AvgIpc) is 3.66. The first-order valence-electron chi connectivity index (χ1n) is 13.8. The number of hydrogen-bond acceptors (Lipinski definition) is 9. The summed E-state index contributed by atoms with van der Waals surface area (Å²) in [5.74, 6) is 0.179. The molecule has 0 bridgehead atoms. The van der Waals surface area contributed by atoms with E-state index in [0.29, 0.717) is 47.1 Å². The zero-order valence-electron chi connectivity index (χ0n) is 24.4. The summed E-state index contributed by atoms with van der Waals surface area (Å²) in [6.07, 6.45) is 1.77. The van der Waals surface area contributed by atoms with Gasteiger partial charge in [-0.2, -0.15) is 0 Å². The lowest BCUT2D eigenvalue weighted by Crippen LogP contribution is -2.74. The normalized spacial score (nSPS) is 16.6. The van der Waals surface area contributed by atoms with Crippen LogP contribution in [0.15, 0.2) is 53.9 Å². The molecule has 2 aromatic carbocycles. The summed E-state index contributed by atoms with van der Waals surface area (Å²) in [4.78, 5) is 28.1. The van der Waals surface area contributed by atoms with Crippen molar-refractivity contribution in [1.29, 1.82) is 0 Å². The smallest absolute Gasteiger partial charge is 0.256 e. The molecule has 0 saturated heterocycles. The molecule has 5 rings (SSSR count). The molecule has 4 aromatic rings. The van der Waals surface area contributed by atoms with Gasteiger partial charge in [-0.15, -0.1) is 11.3 Å². The van der Waals surface area contributed by atoms with Crippen LogP contribution in [0, 0.1) is 13.8 Å². The molecular weight excluding hydrogens is 562 g/mol. The second kappa shape index (κ2) is 12.1. The maximum Gasteiger partial charge on any atom is 0.256 e. The number of benzene rings is 2. The van der Waals surface area contributed by atoms with Crippen molar-refractivity contribution in [3.8, 4) is 27.6 Å². The van der Waals surface area contributed by atoms with Crippen molar-refractivity contribution in [2.75, 3.05) is 18.4 Å². The Morgan fingerprint density at radius 3 is 2.51 bits per heavy atom. The van der Waals surface area contributed by atoms with E-state index in [-0.39, 0.29) is 5.91 Å². The van der Waals surface area contributed by atoms with Crippen molar-refractivity contribution in [3.63, 3.8) is 0 Å². The number of likely N-dealkylation sites (N-methyl/N-ethyl adjacent to an activating group) is 1. The molecule has 1 amide bonds. The van der Waals surface area contributed by atoms with Crippen LogP contribution in [0.25, 0.3) is 33.5 Å². The van der Waals surface area contributed by atoms with Crippen LogP contribution in [0.2, 0.25) is 0 Å². The molecule has 0 spiro atoms. The van der Waals surface area contributed by atoms with E-state index in [1.165, 1.54) is 4.90 Å². The topological polar surface area (TPSA) is 135 Å². The predicted octanol–water partition coefficient (Wildman–Crippen LogP) is 3.27. The number of aromatic nitrogens is 2. The molecular formula is C30H32B2N6O4S. The van der Waals surface area contributed by atoms with Gasteiger partial charge in [0.15, 0.2) is 5.75 Å². The number of carbonyl (C=O) groups is 1. The van der Waals surface area contributed by atoms with Gasteiger partial charge in [-0.25, -0.2) is 10.4 Å². The minimum atomic E-state index is -2.47. The summed E-state index contributed by atoms with van der Waals surface area (Å²) >= 11 is 1.57. The first-order chi connectivity index (χ1) is 20.5. The molecule has 1 aliphatic rings. The Kier molecular flexibility index (Phi) is 8.66. The minimum Gasteiger partial charge on any atom is -0.392 e. The number of thiazole rings is 1. The number of aryl methyl sites for hydroxylation is 1. The zero-order valence-corrected chi connectivity index (χ0v) is 25.2. The number of nitrogens with one attached hydrogen (secondary N) is 4. The van der Waals surface area contributed by atoms with Crippen LogP contribution < -0.4 is 21.2 Å². The fraction of sp³-hybridized carbons (Fsp3) is 0.267. The van der Waals surface area contributed by atoms with E-state index in [0.717, 1.165) is 27.4 Å². The fourth-order valence-corrected chi connectivity index (χ4v) is 5.84. The Bertz CT molecular complexity index is 1660. The van der Waals surface area contributed by atoms with Crippen LogP contribution in [0.5, 0.6) is 5.75 Å². The summed E-state index contributed by atoms with van der Waals surface area (Å²) < 4.78 is 0. The van der Waals surface area contributed by atoms with Crippen molar-refractivity contribution in [2.24, 2.45) is 0 Å². The molecule has 0 aliphatic carbocycles. The van der Waals surface area contributed by atoms with E-state index in [1.54, 1.807) is 38.2 Å². The Morgan fingerprint density at radius 1 is 1.09 bits per heavy atom. The highest BCUT2D eigenvalue weighted by Gasteiger charge is 2.44. The summed E-state index contributed by atoms with van der Waals surface area (Å²) in [5, 5.41) is 27.1.